The summed E-state index contributed by atoms with van der Waals surface area (Å²) in [5.41, 5.74) is 0.841. The minimum absolute atomic E-state index is 0.547. The fourth-order valence-corrected chi connectivity index (χ4v) is 1.09. The van der Waals surface area contributed by atoms with Crippen molar-refractivity contribution in [3.05, 3.63) is 36.8 Å². The molecule has 5 nitrogen and oxygen atoms in total. The lowest BCUT2D eigenvalue weighted by atomic mass is 10.4. The monoisotopic (exact) mass is 202 g/mol. The van der Waals surface area contributed by atoms with Crippen molar-refractivity contribution in [3.63, 3.8) is 0 Å². The van der Waals surface area contributed by atoms with Gasteiger partial charge in [-0.2, -0.15) is 0 Å². The van der Waals surface area contributed by atoms with E-state index in [0.717, 1.165) is 5.69 Å². The first-order valence-electron chi connectivity index (χ1n) is 4.42. The molecule has 0 atom stereocenters. The molecule has 0 saturated heterocycles. The number of nitrogens with one attached hydrogen (secondary N) is 1. The number of ether oxygens (including phenoxy) is 1. The highest BCUT2D eigenvalue weighted by atomic mass is 16.5. The predicted molar refractivity (Wildman–Crippen MR) is 56.1 cm³/mol. The van der Waals surface area contributed by atoms with Gasteiger partial charge in [-0.05, 0) is 12.1 Å². The topological polar surface area (TPSA) is 59.9 Å². The molecule has 1 N–H and O–H groups in total. The Hall–Kier alpha value is -2.17. The largest absolute Gasteiger partial charge is 0.481 e. The second-order valence-electron chi connectivity index (χ2n) is 2.78. The van der Waals surface area contributed by atoms with Crippen molar-refractivity contribution in [1.82, 2.24) is 15.0 Å². The van der Waals surface area contributed by atoms with Crippen LogP contribution in [0, 0.1) is 0 Å². The molecule has 0 aliphatic carbocycles. The first-order valence-corrected chi connectivity index (χ1v) is 4.42. The SMILES string of the molecule is COc1cc(Nc2ncccn2)ccn1. The minimum atomic E-state index is 0.547. The molecule has 0 saturated carbocycles. The van der Waals surface area contributed by atoms with E-state index >= 15 is 0 Å². The number of rotatable bonds is 3. The second-order valence-corrected chi connectivity index (χ2v) is 2.78. The number of nitrogens with zero attached hydrogens (tertiary/aromatic N) is 3. The molecule has 2 aromatic heterocycles. The Balaban J connectivity index is 2.17. The lowest BCUT2D eigenvalue weighted by molar-refractivity contribution is 0.398. The van der Waals surface area contributed by atoms with Crippen molar-refractivity contribution in [2.45, 2.75) is 0 Å². The van der Waals surface area contributed by atoms with Gasteiger partial charge < -0.3 is 10.1 Å². The molecule has 2 aromatic rings. The number of hydrogen-bond donors (Lipinski definition) is 1. The molecule has 15 heavy (non-hydrogen) atoms. The van der Waals surface area contributed by atoms with Crippen LogP contribution >= 0.6 is 0 Å². The van der Waals surface area contributed by atoms with Crippen LogP contribution in [0.3, 0.4) is 0 Å². The maximum atomic E-state index is 5.00. The number of aromatic nitrogens is 3. The summed E-state index contributed by atoms with van der Waals surface area (Å²) >= 11 is 0. The molecule has 0 unspecified atom stereocenters. The summed E-state index contributed by atoms with van der Waals surface area (Å²) in [4.78, 5) is 12.1. The van der Waals surface area contributed by atoms with E-state index in [9.17, 15) is 0 Å². The summed E-state index contributed by atoms with van der Waals surface area (Å²) in [6, 6.07) is 5.35. The fourth-order valence-electron chi connectivity index (χ4n) is 1.09. The first-order chi connectivity index (χ1) is 7.38. The summed E-state index contributed by atoms with van der Waals surface area (Å²) in [5.74, 6) is 1.10. The molecule has 2 rings (SSSR count). The summed E-state index contributed by atoms with van der Waals surface area (Å²) in [7, 11) is 1.57. The van der Waals surface area contributed by atoms with Crippen LogP contribution in [0.1, 0.15) is 0 Å². The third-order valence-electron chi connectivity index (χ3n) is 1.77. The van der Waals surface area contributed by atoms with Crippen LogP contribution in [0.25, 0.3) is 0 Å². The Morgan fingerprint density at radius 2 is 1.93 bits per heavy atom. The predicted octanol–water partition coefficient (Wildman–Crippen LogP) is 1.62. The summed E-state index contributed by atoms with van der Waals surface area (Å²) in [6.07, 6.45) is 5.01. The maximum Gasteiger partial charge on any atom is 0.227 e. The van der Waals surface area contributed by atoms with E-state index in [0.29, 0.717) is 11.8 Å². The molecule has 0 aromatic carbocycles. The Labute approximate surface area is 87.2 Å². The maximum absolute atomic E-state index is 5.00. The summed E-state index contributed by atoms with van der Waals surface area (Å²) in [6.45, 7) is 0. The van der Waals surface area contributed by atoms with Crippen molar-refractivity contribution in [1.29, 1.82) is 0 Å². The van der Waals surface area contributed by atoms with Gasteiger partial charge in [0, 0.05) is 30.3 Å². The van der Waals surface area contributed by atoms with Gasteiger partial charge in [-0.3, -0.25) is 0 Å². The molecule has 0 bridgehead atoms. The molecule has 0 spiro atoms. The Kier molecular flexibility index (Phi) is 2.73. The van der Waals surface area contributed by atoms with Crippen molar-refractivity contribution in [2.24, 2.45) is 0 Å². The lowest BCUT2D eigenvalue weighted by Crippen LogP contribution is -1.96. The van der Waals surface area contributed by atoms with Crippen LogP contribution < -0.4 is 10.1 Å². The van der Waals surface area contributed by atoms with Crippen LogP contribution in [0.2, 0.25) is 0 Å². The minimum Gasteiger partial charge on any atom is -0.481 e. The second kappa shape index (κ2) is 4.36. The Morgan fingerprint density at radius 1 is 1.13 bits per heavy atom. The molecule has 5 heteroatoms. The van der Waals surface area contributed by atoms with E-state index in [4.69, 9.17) is 4.74 Å². The molecule has 0 aliphatic rings. The van der Waals surface area contributed by atoms with Gasteiger partial charge in [0.15, 0.2) is 0 Å². The van der Waals surface area contributed by atoms with Crippen LogP contribution in [0.15, 0.2) is 36.8 Å². The van der Waals surface area contributed by atoms with Gasteiger partial charge in [0.05, 0.1) is 7.11 Å². The molecule has 0 aliphatic heterocycles. The molecule has 2 heterocycles. The number of hydrogen-bond acceptors (Lipinski definition) is 5. The Bertz CT molecular complexity index is 432. The van der Waals surface area contributed by atoms with E-state index < -0.39 is 0 Å². The zero-order valence-corrected chi connectivity index (χ0v) is 8.21. The average molecular weight is 202 g/mol. The van der Waals surface area contributed by atoms with Gasteiger partial charge in [0.1, 0.15) is 0 Å². The zero-order chi connectivity index (χ0) is 10.5. The van der Waals surface area contributed by atoms with Gasteiger partial charge in [0.2, 0.25) is 11.8 Å². The molecule has 0 radical (unpaired) electrons. The van der Waals surface area contributed by atoms with Crippen LogP contribution in [-0.4, -0.2) is 22.1 Å². The lowest BCUT2D eigenvalue weighted by Gasteiger charge is -2.04. The summed E-state index contributed by atoms with van der Waals surface area (Å²) < 4.78 is 5.00. The highest BCUT2D eigenvalue weighted by molar-refractivity contribution is 5.53. The van der Waals surface area contributed by atoms with E-state index in [-0.39, 0.29) is 0 Å². The molecule has 76 valence electrons. The molecule has 0 fully saturated rings. The summed E-state index contributed by atoms with van der Waals surface area (Å²) in [5, 5.41) is 3.04. The smallest absolute Gasteiger partial charge is 0.227 e. The van der Waals surface area contributed by atoms with E-state index in [1.54, 1.807) is 37.8 Å². The highest BCUT2D eigenvalue weighted by Crippen LogP contribution is 2.15. The standard InChI is InChI=1S/C10H10N4O/c1-15-9-7-8(3-6-11-9)14-10-12-4-2-5-13-10/h2-7H,1H3,(H,11,12,13,14). The highest BCUT2D eigenvalue weighted by Gasteiger charge is 1.98. The van der Waals surface area contributed by atoms with Gasteiger partial charge in [0.25, 0.3) is 0 Å². The molecule has 0 amide bonds. The average Bonchev–Trinajstić information content (AvgIpc) is 2.31. The van der Waals surface area contributed by atoms with Crippen LogP contribution in [-0.2, 0) is 0 Å². The number of anilines is 2. The van der Waals surface area contributed by atoms with Gasteiger partial charge in [-0.25, -0.2) is 15.0 Å². The van der Waals surface area contributed by atoms with Crippen molar-refractivity contribution >= 4 is 11.6 Å². The van der Waals surface area contributed by atoms with Crippen LogP contribution in [0.4, 0.5) is 11.6 Å². The zero-order valence-electron chi connectivity index (χ0n) is 8.21. The normalized spacial score (nSPS) is 9.67. The van der Waals surface area contributed by atoms with Crippen molar-refractivity contribution < 1.29 is 4.74 Å². The van der Waals surface area contributed by atoms with E-state index in [1.807, 2.05) is 6.07 Å². The third kappa shape index (κ3) is 2.40. The van der Waals surface area contributed by atoms with Crippen molar-refractivity contribution in [3.8, 4) is 5.88 Å². The van der Waals surface area contributed by atoms with Crippen LogP contribution in [0.5, 0.6) is 5.88 Å². The Morgan fingerprint density at radius 3 is 2.67 bits per heavy atom. The van der Waals surface area contributed by atoms with E-state index in [2.05, 4.69) is 20.3 Å². The number of methoxy groups -OCH3 is 1. The van der Waals surface area contributed by atoms with Gasteiger partial charge in [-0.15, -0.1) is 0 Å². The quantitative estimate of drug-likeness (QED) is 0.819. The molecular weight excluding hydrogens is 192 g/mol. The fraction of sp³-hybridized carbons (Fsp3) is 0.100. The van der Waals surface area contributed by atoms with Gasteiger partial charge >= 0.3 is 0 Å². The first kappa shape index (κ1) is 9.39. The van der Waals surface area contributed by atoms with Crippen molar-refractivity contribution in [2.75, 3.05) is 12.4 Å². The number of pyridine rings is 1. The van der Waals surface area contributed by atoms with E-state index in [1.165, 1.54) is 0 Å². The van der Waals surface area contributed by atoms with Gasteiger partial charge in [-0.1, -0.05) is 0 Å². The molecular formula is C10H10N4O. The third-order valence-corrected chi connectivity index (χ3v) is 1.77.